The van der Waals surface area contributed by atoms with Gasteiger partial charge in [0.05, 0.1) is 18.2 Å². The van der Waals surface area contributed by atoms with Gasteiger partial charge in [0.15, 0.2) is 17.7 Å². The molecule has 1 aliphatic heterocycles. The van der Waals surface area contributed by atoms with E-state index >= 15 is 4.39 Å². The van der Waals surface area contributed by atoms with Crippen molar-refractivity contribution in [1.29, 1.82) is 0 Å². The summed E-state index contributed by atoms with van der Waals surface area (Å²) in [5, 5.41) is 14.0. The minimum absolute atomic E-state index is 0.236. The summed E-state index contributed by atoms with van der Waals surface area (Å²) in [7, 11) is 1.74. The quantitative estimate of drug-likeness (QED) is 0.248. The molecule has 0 spiro atoms. The third kappa shape index (κ3) is 5.73. The molecule has 43 heavy (non-hydrogen) atoms. The second-order valence-electron chi connectivity index (χ2n) is 12.2. The summed E-state index contributed by atoms with van der Waals surface area (Å²) < 4.78 is 29.1. The lowest BCUT2D eigenvalue weighted by Crippen LogP contribution is -2.28. The van der Waals surface area contributed by atoms with Crippen molar-refractivity contribution in [2.75, 3.05) is 6.61 Å². The van der Waals surface area contributed by atoms with Gasteiger partial charge in [0.1, 0.15) is 11.3 Å². The normalized spacial score (nSPS) is 14.6. The van der Waals surface area contributed by atoms with Gasteiger partial charge in [-0.25, -0.2) is 14.2 Å². The van der Waals surface area contributed by atoms with E-state index < -0.39 is 23.5 Å². The van der Waals surface area contributed by atoms with Crippen LogP contribution in [-0.4, -0.2) is 38.7 Å². The van der Waals surface area contributed by atoms with Crippen LogP contribution >= 0.6 is 0 Å². The number of rotatable bonds is 7. The van der Waals surface area contributed by atoms with Gasteiger partial charge in [-0.15, -0.1) is 0 Å². The molecule has 1 amide bonds. The van der Waals surface area contributed by atoms with Crippen molar-refractivity contribution in [3.05, 3.63) is 81.9 Å². The van der Waals surface area contributed by atoms with E-state index in [-0.39, 0.29) is 17.7 Å². The number of carboxylic acid groups (broad SMARTS) is 1. The number of amides is 1. The highest BCUT2D eigenvalue weighted by Gasteiger charge is 2.35. The van der Waals surface area contributed by atoms with Gasteiger partial charge in [-0.2, -0.15) is 0 Å². The number of fused-ring (bicyclic) bond motifs is 2. The fourth-order valence-corrected chi connectivity index (χ4v) is 5.89. The minimum Gasteiger partial charge on any atom is -0.490 e. The number of nitrogens with one attached hydrogen (secondary N) is 1. The molecule has 2 aromatic heterocycles. The Morgan fingerprint density at radius 3 is 2.51 bits per heavy atom. The number of carbonyl (C=O) groups is 2. The van der Waals surface area contributed by atoms with Crippen molar-refractivity contribution in [2.45, 2.75) is 72.1 Å². The van der Waals surface area contributed by atoms with Crippen molar-refractivity contribution in [1.82, 2.24) is 14.9 Å². The van der Waals surface area contributed by atoms with Crippen molar-refractivity contribution >= 4 is 22.9 Å². The fraction of sp³-hybridized carbons (Fsp3) is 0.382. The Labute approximate surface area is 250 Å². The Bertz CT molecular complexity index is 1720. The highest BCUT2D eigenvalue weighted by molar-refractivity contribution is 6.04. The van der Waals surface area contributed by atoms with Crippen molar-refractivity contribution < 1.29 is 28.6 Å². The number of aryl methyl sites for hydroxylation is 2. The standard InChI is InChI=1S/C34H38FN3O5/c1-18-22-14-11-15-42-29(22)25(35)16-23(18)28-24-17-26(32(39)37-19(2)21-12-9-8-10-13-21)38(7)31(24)36-20(3)27(28)30(33(40)41)43-34(4,5)6/h8-10,12-13,16-17,19,30H,11,14-15H2,1-7H3,(H,37,39)(H,40,41)/t19-,30-/m0/s1. The maximum Gasteiger partial charge on any atom is 0.337 e. The summed E-state index contributed by atoms with van der Waals surface area (Å²) in [6.07, 6.45) is -0.0128. The number of benzene rings is 2. The first-order chi connectivity index (χ1) is 20.3. The molecular weight excluding hydrogens is 549 g/mol. The number of aliphatic carboxylic acids is 1. The largest absolute Gasteiger partial charge is 0.490 e. The van der Waals surface area contributed by atoms with Gasteiger partial charge in [-0.1, -0.05) is 30.3 Å². The highest BCUT2D eigenvalue weighted by Crippen LogP contribution is 2.44. The molecular formula is C34H38FN3O5. The maximum atomic E-state index is 15.6. The summed E-state index contributed by atoms with van der Waals surface area (Å²) in [5.74, 6) is -1.78. The predicted octanol–water partition coefficient (Wildman–Crippen LogP) is 6.75. The van der Waals surface area contributed by atoms with Gasteiger partial charge in [0.2, 0.25) is 0 Å². The van der Waals surface area contributed by atoms with Gasteiger partial charge in [-0.3, -0.25) is 4.79 Å². The molecule has 0 unspecified atom stereocenters. The zero-order valence-corrected chi connectivity index (χ0v) is 25.7. The predicted molar refractivity (Wildman–Crippen MR) is 163 cm³/mol. The maximum absolute atomic E-state index is 15.6. The first kappa shape index (κ1) is 30.2. The molecule has 226 valence electrons. The van der Waals surface area contributed by atoms with E-state index in [2.05, 4.69) is 5.32 Å². The number of aromatic nitrogens is 2. The molecule has 2 N–H and O–H groups in total. The second kappa shape index (κ2) is 11.4. The van der Waals surface area contributed by atoms with Crippen LogP contribution in [0, 0.1) is 19.7 Å². The minimum atomic E-state index is -1.39. The molecule has 8 nitrogen and oxygen atoms in total. The summed E-state index contributed by atoms with van der Waals surface area (Å²) in [6.45, 7) is 11.3. The molecule has 1 aliphatic rings. The lowest BCUT2D eigenvalue weighted by molar-refractivity contribution is -0.160. The van der Waals surface area contributed by atoms with Crippen LogP contribution in [0.15, 0.2) is 42.5 Å². The summed E-state index contributed by atoms with van der Waals surface area (Å²) in [6, 6.07) is 12.5. The average Bonchev–Trinajstić information content (AvgIpc) is 3.29. The third-order valence-corrected chi connectivity index (χ3v) is 7.95. The summed E-state index contributed by atoms with van der Waals surface area (Å²) >= 11 is 0. The van der Waals surface area contributed by atoms with Crippen LogP contribution in [0.2, 0.25) is 0 Å². The monoisotopic (exact) mass is 587 g/mol. The molecule has 0 aliphatic carbocycles. The van der Waals surface area contributed by atoms with Crippen LogP contribution in [0.1, 0.15) is 84.7 Å². The third-order valence-electron chi connectivity index (χ3n) is 7.95. The van der Waals surface area contributed by atoms with Crippen LogP contribution in [0.5, 0.6) is 5.75 Å². The van der Waals surface area contributed by atoms with E-state index in [0.29, 0.717) is 52.1 Å². The second-order valence-corrected chi connectivity index (χ2v) is 12.2. The van der Waals surface area contributed by atoms with Crippen molar-refractivity contribution in [2.24, 2.45) is 7.05 Å². The number of hydrogen-bond donors (Lipinski definition) is 2. The smallest absolute Gasteiger partial charge is 0.337 e. The molecule has 9 heteroatoms. The average molecular weight is 588 g/mol. The fourth-order valence-electron chi connectivity index (χ4n) is 5.89. The van der Waals surface area contributed by atoms with Crippen molar-refractivity contribution in [3.8, 4) is 16.9 Å². The number of carboxylic acids is 1. The van der Waals surface area contributed by atoms with Gasteiger partial charge in [0, 0.05) is 34.8 Å². The van der Waals surface area contributed by atoms with E-state index in [0.717, 1.165) is 23.1 Å². The zero-order valence-electron chi connectivity index (χ0n) is 25.7. The number of hydrogen-bond acceptors (Lipinski definition) is 5. The number of carbonyl (C=O) groups excluding carboxylic acids is 1. The molecule has 0 radical (unpaired) electrons. The Morgan fingerprint density at radius 2 is 1.86 bits per heavy atom. The molecule has 5 rings (SSSR count). The molecule has 3 heterocycles. The Morgan fingerprint density at radius 1 is 1.16 bits per heavy atom. The van der Waals surface area contributed by atoms with Crippen LogP contribution in [0.25, 0.3) is 22.2 Å². The summed E-state index contributed by atoms with van der Waals surface area (Å²) in [4.78, 5) is 31.2. The van der Waals surface area contributed by atoms with Crippen LogP contribution in [-0.2, 0) is 23.0 Å². The zero-order chi connectivity index (χ0) is 31.2. The molecule has 2 atom stereocenters. The molecule has 0 saturated heterocycles. The van der Waals surface area contributed by atoms with Gasteiger partial charge in [0.25, 0.3) is 5.91 Å². The highest BCUT2D eigenvalue weighted by atomic mass is 19.1. The van der Waals surface area contributed by atoms with Gasteiger partial charge >= 0.3 is 5.97 Å². The molecule has 0 fully saturated rings. The first-order valence-corrected chi connectivity index (χ1v) is 14.5. The molecule has 0 saturated carbocycles. The number of pyridine rings is 1. The number of halogens is 1. The summed E-state index contributed by atoms with van der Waals surface area (Å²) in [5.41, 5.74) is 4.25. The Balaban J connectivity index is 1.77. The lowest BCUT2D eigenvalue weighted by atomic mass is 9.86. The van der Waals surface area contributed by atoms with Crippen molar-refractivity contribution in [3.63, 3.8) is 0 Å². The lowest BCUT2D eigenvalue weighted by Gasteiger charge is -2.29. The number of nitrogens with zero attached hydrogens (tertiary/aromatic N) is 2. The van der Waals surface area contributed by atoms with E-state index in [9.17, 15) is 14.7 Å². The van der Waals surface area contributed by atoms with Gasteiger partial charge in [-0.05, 0) is 83.2 Å². The Kier molecular flexibility index (Phi) is 8.05. The molecule has 4 aromatic rings. The molecule has 2 aromatic carbocycles. The van der Waals surface area contributed by atoms with E-state index in [1.54, 1.807) is 45.4 Å². The Hall–Kier alpha value is -4.24. The van der Waals surface area contributed by atoms with Crippen LogP contribution in [0.4, 0.5) is 4.39 Å². The molecule has 0 bridgehead atoms. The van der Waals surface area contributed by atoms with Crippen LogP contribution in [0.3, 0.4) is 0 Å². The van der Waals surface area contributed by atoms with E-state index in [1.165, 1.54) is 6.07 Å². The number of ether oxygens (including phenoxy) is 2. The SMILES string of the molecule is Cc1nc2c(cc(C(=O)N[C@@H](C)c3ccccc3)n2C)c(-c2cc(F)c3c(c2C)CCCO3)c1[C@H](OC(C)(C)C)C(=O)O. The topological polar surface area (TPSA) is 103 Å². The first-order valence-electron chi connectivity index (χ1n) is 14.5. The van der Waals surface area contributed by atoms with Gasteiger partial charge < -0.3 is 24.5 Å². The van der Waals surface area contributed by atoms with E-state index in [1.807, 2.05) is 44.2 Å². The van der Waals surface area contributed by atoms with E-state index in [4.69, 9.17) is 14.5 Å². The van der Waals surface area contributed by atoms with Crippen LogP contribution < -0.4 is 10.1 Å².